The molecule has 0 saturated heterocycles. The molecule has 2 aromatic carbocycles. The Labute approximate surface area is 153 Å². The van der Waals surface area contributed by atoms with Crippen LogP contribution in [0, 0.1) is 12.7 Å². The molecule has 0 fully saturated rings. The summed E-state index contributed by atoms with van der Waals surface area (Å²) in [6, 6.07) is 14.4. The van der Waals surface area contributed by atoms with Gasteiger partial charge < -0.3 is 9.15 Å². The predicted molar refractivity (Wildman–Crippen MR) is 99.5 cm³/mol. The second-order valence-electron chi connectivity index (χ2n) is 6.40. The van der Waals surface area contributed by atoms with E-state index in [9.17, 15) is 4.39 Å². The average Bonchev–Trinajstić information content (AvgIpc) is 3.02. The van der Waals surface area contributed by atoms with Crippen LogP contribution in [0.1, 0.15) is 30.0 Å². The van der Waals surface area contributed by atoms with E-state index in [-0.39, 0.29) is 11.9 Å². The van der Waals surface area contributed by atoms with Gasteiger partial charge in [0.25, 0.3) is 0 Å². The number of hydrogen-bond acceptors (Lipinski definition) is 4. The summed E-state index contributed by atoms with van der Waals surface area (Å²) in [6.07, 6.45) is 0. The second kappa shape index (κ2) is 7.70. The number of methoxy groups -OCH3 is 1. The van der Waals surface area contributed by atoms with Crippen LogP contribution in [0.3, 0.4) is 0 Å². The van der Waals surface area contributed by atoms with E-state index in [1.54, 1.807) is 19.2 Å². The zero-order valence-electron chi connectivity index (χ0n) is 15.5. The van der Waals surface area contributed by atoms with Crippen molar-refractivity contribution in [2.45, 2.75) is 26.4 Å². The third-order valence-electron chi connectivity index (χ3n) is 4.62. The first-order valence-electron chi connectivity index (χ1n) is 8.54. The molecule has 0 amide bonds. The van der Waals surface area contributed by atoms with Gasteiger partial charge in [-0.25, -0.2) is 9.37 Å². The van der Waals surface area contributed by atoms with Gasteiger partial charge in [0.1, 0.15) is 17.3 Å². The van der Waals surface area contributed by atoms with Gasteiger partial charge in [-0.1, -0.05) is 12.1 Å². The van der Waals surface area contributed by atoms with Crippen LogP contribution in [0.5, 0.6) is 5.75 Å². The number of nitrogens with zero attached hydrogens (tertiary/aromatic N) is 2. The van der Waals surface area contributed by atoms with Crippen molar-refractivity contribution in [3.63, 3.8) is 0 Å². The lowest BCUT2D eigenvalue weighted by molar-refractivity contribution is 0.248. The van der Waals surface area contributed by atoms with Crippen LogP contribution in [0.4, 0.5) is 4.39 Å². The van der Waals surface area contributed by atoms with Crippen molar-refractivity contribution in [1.82, 2.24) is 9.88 Å². The molecular weight excluding hydrogens is 331 g/mol. The van der Waals surface area contributed by atoms with Crippen molar-refractivity contribution in [3.05, 3.63) is 71.4 Å². The van der Waals surface area contributed by atoms with Crippen molar-refractivity contribution in [2.75, 3.05) is 14.2 Å². The Balaban J connectivity index is 1.76. The molecule has 1 aromatic heterocycles. The summed E-state index contributed by atoms with van der Waals surface area (Å²) in [5.41, 5.74) is 2.82. The number of halogens is 1. The molecule has 0 N–H and O–H groups in total. The van der Waals surface area contributed by atoms with Crippen LogP contribution < -0.4 is 4.74 Å². The fraction of sp³-hybridized carbons (Fsp3) is 0.286. The Morgan fingerprint density at radius 2 is 1.92 bits per heavy atom. The Morgan fingerprint density at radius 3 is 2.62 bits per heavy atom. The molecule has 3 rings (SSSR count). The molecule has 1 atom stereocenters. The van der Waals surface area contributed by atoms with Gasteiger partial charge in [0.2, 0.25) is 5.89 Å². The van der Waals surface area contributed by atoms with E-state index < -0.39 is 0 Å². The highest BCUT2D eigenvalue weighted by atomic mass is 19.1. The number of hydrogen-bond donors (Lipinski definition) is 0. The summed E-state index contributed by atoms with van der Waals surface area (Å²) in [5, 5.41) is 0. The van der Waals surface area contributed by atoms with Gasteiger partial charge in [-0.05, 0) is 62.9 Å². The molecule has 3 aromatic rings. The van der Waals surface area contributed by atoms with Crippen molar-refractivity contribution in [2.24, 2.45) is 0 Å². The van der Waals surface area contributed by atoms with E-state index in [1.807, 2.05) is 25.1 Å². The quantitative estimate of drug-likeness (QED) is 0.625. The van der Waals surface area contributed by atoms with E-state index in [0.29, 0.717) is 12.4 Å². The highest BCUT2D eigenvalue weighted by molar-refractivity contribution is 5.53. The fourth-order valence-electron chi connectivity index (χ4n) is 2.82. The zero-order chi connectivity index (χ0) is 18.7. The normalized spacial score (nSPS) is 12.4. The van der Waals surface area contributed by atoms with Crippen molar-refractivity contribution in [1.29, 1.82) is 0 Å². The molecule has 4 nitrogen and oxygen atoms in total. The van der Waals surface area contributed by atoms with Crippen molar-refractivity contribution in [3.8, 4) is 17.2 Å². The van der Waals surface area contributed by atoms with Gasteiger partial charge in [0.15, 0.2) is 0 Å². The lowest BCUT2D eigenvalue weighted by atomic mass is 10.1. The summed E-state index contributed by atoms with van der Waals surface area (Å²) < 4.78 is 24.2. The molecule has 1 heterocycles. The van der Waals surface area contributed by atoms with E-state index >= 15 is 0 Å². The third kappa shape index (κ3) is 3.94. The zero-order valence-corrected chi connectivity index (χ0v) is 15.5. The van der Waals surface area contributed by atoms with Crippen molar-refractivity contribution >= 4 is 0 Å². The van der Waals surface area contributed by atoms with Gasteiger partial charge in [0.05, 0.1) is 12.8 Å². The predicted octanol–water partition coefficient (Wildman–Crippen LogP) is 4.99. The minimum atomic E-state index is -0.274. The van der Waals surface area contributed by atoms with Gasteiger partial charge in [-0.3, -0.25) is 4.90 Å². The summed E-state index contributed by atoms with van der Waals surface area (Å²) in [6.45, 7) is 4.69. The first kappa shape index (κ1) is 18.1. The lowest BCUT2D eigenvalue weighted by Gasteiger charge is -2.24. The molecule has 0 saturated carbocycles. The lowest BCUT2D eigenvalue weighted by Crippen LogP contribution is -2.22. The molecule has 5 heteroatoms. The number of oxazole rings is 1. The standard InChI is InChI=1S/C21H23FN2O2/c1-14(17-6-5-7-19(12-17)25-4)24(3)13-20-15(2)26-21(23-20)16-8-10-18(22)11-9-16/h5-12,14H,13H2,1-4H3/t14-/m0/s1. The molecule has 26 heavy (non-hydrogen) atoms. The van der Waals surface area contributed by atoms with Crippen LogP contribution in [-0.4, -0.2) is 24.0 Å². The molecule has 0 radical (unpaired) electrons. The Kier molecular flexibility index (Phi) is 5.38. The van der Waals surface area contributed by atoms with Crippen LogP contribution in [-0.2, 0) is 6.54 Å². The summed E-state index contributed by atoms with van der Waals surface area (Å²) in [4.78, 5) is 6.81. The van der Waals surface area contributed by atoms with Crippen LogP contribution in [0.2, 0.25) is 0 Å². The fourth-order valence-corrected chi connectivity index (χ4v) is 2.82. The molecule has 0 aliphatic carbocycles. The Bertz CT molecular complexity index is 874. The van der Waals surface area contributed by atoms with Crippen molar-refractivity contribution < 1.29 is 13.5 Å². The smallest absolute Gasteiger partial charge is 0.226 e. The van der Waals surface area contributed by atoms with E-state index in [0.717, 1.165) is 22.8 Å². The van der Waals surface area contributed by atoms with Gasteiger partial charge >= 0.3 is 0 Å². The topological polar surface area (TPSA) is 38.5 Å². The van der Waals surface area contributed by atoms with E-state index in [4.69, 9.17) is 9.15 Å². The number of aryl methyl sites for hydroxylation is 1. The number of rotatable bonds is 6. The highest BCUT2D eigenvalue weighted by Gasteiger charge is 2.17. The van der Waals surface area contributed by atoms with Crippen LogP contribution in [0.15, 0.2) is 52.9 Å². The first-order valence-corrected chi connectivity index (χ1v) is 8.54. The monoisotopic (exact) mass is 354 g/mol. The minimum absolute atomic E-state index is 0.190. The Morgan fingerprint density at radius 1 is 1.19 bits per heavy atom. The number of benzene rings is 2. The first-order chi connectivity index (χ1) is 12.5. The number of ether oxygens (including phenoxy) is 1. The molecule has 0 unspecified atom stereocenters. The SMILES string of the molecule is COc1cccc([C@H](C)N(C)Cc2nc(-c3ccc(F)cc3)oc2C)c1. The van der Waals surface area contributed by atoms with Crippen LogP contribution in [0.25, 0.3) is 11.5 Å². The second-order valence-corrected chi connectivity index (χ2v) is 6.40. The van der Waals surface area contributed by atoms with Gasteiger partial charge in [0, 0.05) is 18.2 Å². The number of aromatic nitrogens is 1. The largest absolute Gasteiger partial charge is 0.497 e. The molecule has 136 valence electrons. The molecule has 0 aliphatic heterocycles. The summed E-state index contributed by atoms with van der Waals surface area (Å²) in [7, 11) is 3.72. The summed E-state index contributed by atoms with van der Waals surface area (Å²) >= 11 is 0. The molecule has 0 spiro atoms. The van der Waals surface area contributed by atoms with Crippen LogP contribution >= 0.6 is 0 Å². The maximum absolute atomic E-state index is 13.1. The molecule has 0 bridgehead atoms. The maximum Gasteiger partial charge on any atom is 0.226 e. The summed E-state index contributed by atoms with van der Waals surface area (Å²) in [5.74, 6) is 1.86. The van der Waals surface area contributed by atoms with E-state index in [2.05, 4.69) is 29.9 Å². The van der Waals surface area contributed by atoms with E-state index in [1.165, 1.54) is 17.7 Å². The minimum Gasteiger partial charge on any atom is -0.497 e. The van der Waals surface area contributed by atoms with Gasteiger partial charge in [-0.2, -0.15) is 0 Å². The Hall–Kier alpha value is -2.66. The van der Waals surface area contributed by atoms with Gasteiger partial charge in [-0.15, -0.1) is 0 Å². The maximum atomic E-state index is 13.1. The molecular formula is C21H23FN2O2. The third-order valence-corrected chi connectivity index (χ3v) is 4.62. The average molecular weight is 354 g/mol. The highest BCUT2D eigenvalue weighted by Crippen LogP contribution is 2.27. The molecule has 0 aliphatic rings.